The highest BCUT2D eigenvalue weighted by atomic mass is 35.5. The molecule has 0 N–H and O–H groups in total. The summed E-state index contributed by atoms with van der Waals surface area (Å²) in [7, 11) is 0. The molecule has 1 fully saturated rings. The number of ether oxygens (including phenoxy) is 2. The zero-order chi connectivity index (χ0) is 18.7. The van der Waals surface area contributed by atoms with Crippen molar-refractivity contribution in [2.24, 2.45) is 5.92 Å². The van der Waals surface area contributed by atoms with E-state index in [0.29, 0.717) is 25.6 Å². The van der Waals surface area contributed by atoms with E-state index in [-0.39, 0.29) is 17.2 Å². The second kappa shape index (κ2) is 7.66. The number of hydrogen-bond acceptors (Lipinski definition) is 5. The quantitative estimate of drug-likeness (QED) is 0.797. The molecule has 1 amide bonds. The van der Waals surface area contributed by atoms with Gasteiger partial charge < -0.3 is 14.4 Å². The van der Waals surface area contributed by atoms with E-state index in [4.69, 9.17) is 21.1 Å². The second-order valence-electron chi connectivity index (χ2n) is 7.55. The highest BCUT2D eigenvalue weighted by Gasteiger charge is 2.28. The molecule has 1 aliphatic heterocycles. The van der Waals surface area contributed by atoms with Crippen molar-refractivity contribution in [3.63, 3.8) is 0 Å². The molecule has 0 spiro atoms. The summed E-state index contributed by atoms with van der Waals surface area (Å²) in [6.07, 6.45) is 1.63. The fourth-order valence-electron chi connectivity index (χ4n) is 2.94. The summed E-state index contributed by atoms with van der Waals surface area (Å²) in [5.41, 5.74) is 0.985. The van der Waals surface area contributed by atoms with Crippen molar-refractivity contribution in [3.8, 4) is 5.88 Å². The largest absolute Gasteiger partial charge is 0.475 e. The van der Waals surface area contributed by atoms with Crippen molar-refractivity contribution in [1.29, 1.82) is 0 Å². The number of nitrogens with zero attached hydrogens (tertiary/aromatic N) is 3. The topological polar surface area (TPSA) is 64.5 Å². The van der Waals surface area contributed by atoms with Gasteiger partial charge in [-0.2, -0.15) is 0 Å². The number of para-hydroxylation sites is 2. The Morgan fingerprint density at radius 3 is 2.65 bits per heavy atom. The summed E-state index contributed by atoms with van der Waals surface area (Å²) in [4.78, 5) is 22.8. The van der Waals surface area contributed by atoms with Crippen molar-refractivity contribution in [2.75, 3.05) is 19.7 Å². The normalized spacial score (nSPS) is 18.0. The molecule has 3 rings (SSSR count). The molecule has 0 saturated carbocycles. The van der Waals surface area contributed by atoms with Crippen LogP contribution >= 0.6 is 11.6 Å². The van der Waals surface area contributed by atoms with E-state index in [9.17, 15) is 4.79 Å². The number of hydrogen-bond donors (Lipinski definition) is 0. The van der Waals surface area contributed by atoms with Gasteiger partial charge in [-0.3, -0.25) is 0 Å². The average Bonchev–Trinajstić information content (AvgIpc) is 2.58. The summed E-state index contributed by atoms with van der Waals surface area (Å²) in [6, 6.07) is 7.52. The Bertz CT molecular complexity index is 791. The molecule has 0 aliphatic carbocycles. The molecular weight excluding hydrogens is 354 g/mol. The van der Waals surface area contributed by atoms with Crippen LogP contribution in [0.1, 0.15) is 33.6 Å². The molecule has 1 saturated heterocycles. The SMILES string of the molecule is CC(C)(C)OC(=O)N1CCC[C@H](COc2nc3ccccc3nc2Cl)C1. The predicted octanol–water partition coefficient (Wildman–Crippen LogP) is 4.31. The smallest absolute Gasteiger partial charge is 0.410 e. The van der Waals surface area contributed by atoms with Crippen LogP contribution in [0.15, 0.2) is 24.3 Å². The van der Waals surface area contributed by atoms with Crippen LogP contribution in [0.2, 0.25) is 5.15 Å². The predicted molar refractivity (Wildman–Crippen MR) is 101 cm³/mol. The Balaban J connectivity index is 1.61. The van der Waals surface area contributed by atoms with Gasteiger partial charge in [0.2, 0.25) is 0 Å². The van der Waals surface area contributed by atoms with Crippen LogP contribution < -0.4 is 4.74 Å². The number of fused-ring (bicyclic) bond motifs is 1. The van der Waals surface area contributed by atoms with Crippen LogP contribution in [0.3, 0.4) is 0 Å². The number of piperidine rings is 1. The van der Waals surface area contributed by atoms with Crippen molar-refractivity contribution >= 4 is 28.7 Å². The Hall–Kier alpha value is -2.08. The third-order valence-corrected chi connectivity index (χ3v) is 4.37. The standard InChI is InChI=1S/C19H24ClN3O3/c1-19(2,3)26-18(24)23-10-6-7-13(11-23)12-25-17-16(20)21-14-8-4-5-9-15(14)22-17/h4-5,8-9,13H,6-7,10-12H2,1-3H3/t13-/m0/s1. The number of aromatic nitrogens is 2. The second-order valence-corrected chi connectivity index (χ2v) is 7.91. The monoisotopic (exact) mass is 377 g/mol. The van der Waals surface area contributed by atoms with Gasteiger partial charge in [0.05, 0.1) is 17.6 Å². The van der Waals surface area contributed by atoms with Crippen molar-refractivity contribution in [2.45, 2.75) is 39.2 Å². The number of rotatable bonds is 3. The van der Waals surface area contributed by atoms with Crippen molar-refractivity contribution in [3.05, 3.63) is 29.4 Å². The Morgan fingerprint density at radius 2 is 1.96 bits per heavy atom. The molecule has 1 aromatic heterocycles. The summed E-state index contributed by atoms with van der Waals surface area (Å²) >= 11 is 6.19. The third-order valence-electron chi connectivity index (χ3n) is 4.13. The molecule has 7 heteroatoms. The van der Waals surface area contributed by atoms with Gasteiger partial charge in [0, 0.05) is 19.0 Å². The molecule has 0 unspecified atom stereocenters. The van der Waals surface area contributed by atoms with E-state index in [0.717, 1.165) is 23.9 Å². The molecule has 26 heavy (non-hydrogen) atoms. The Morgan fingerprint density at radius 1 is 1.27 bits per heavy atom. The van der Waals surface area contributed by atoms with Crippen molar-refractivity contribution in [1.82, 2.24) is 14.9 Å². The van der Waals surface area contributed by atoms with Crippen LogP contribution in [0.25, 0.3) is 11.0 Å². The fourth-order valence-corrected chi connectivity index (χ4v) is 3.13. The molecule has 2 heterocycles. The first-order valence-electron chi connectivity index (χ1n) is 8.85. The van der Waals surface area contributed by atoms with Gasteiger partial charge in [-0.05, 0) is 45.7 Å². The van der Waals surface area contributed by atoms with Gasteiger partial charge in [0.1, 0.15) is 5.60 Å². The molecule has 1 atom stereocenters. The minimum Gasteiger partial charge on any atom is -0.475 e. The van der Waals surface area contributed by atoms with Crippen molar-refractivity contribution < 1.29 is 14.3 Å². The van der Waals surface area contributed by atoms with E-state index < -0.39 is 5.60 Å². The first kappa shape index (κ1) is 18.7. The van der Waals surface area contributed by atoms with E-state index in [1.54, 1.807) is 4.90 Å². The molecule has 140 valence electrons. The number of halogens is 1. The van der Waals surface area contributed by atoms with Gasteiger partial charge >= 0.3 is 6.09 Å². The maximum absolute atomic E-state index is 12.3. The minimum atomic E-state index is -0.491. The fraction of sp³-hybridized carbons (Fsp3) is 0.526. The van der Waals surface area contributed by atoms with E-state index in [1.807, 2.05) is 45.0 Å². The zero-order valence-electron chi connectivity index (χ0n) is 15.4. The van der Waals surface area contributed by atoms with E-state index in [2.05, 4.69) is 9.97 Å². The third kappa shape index (κ3) is 4.75. The molecule has 0 radical (unpaired) electrons. The molecular formula is C19H24ClN3O3. The number of carbonyl (C=O) groups is 1. The first-order chi connectivity index (χ1) is 12.3. The highest BCUT2D eigenvalue weighted by molar-refractivity contribution is 6.31. The zero-order valence-corrected chi connectivity index (χ0v) is 16.1. The lowest BCUT2D eigenvalue weighted by Gasteiger charge is -2.33. The highest BCUT2D eigenvalue weighted by Crippen LogP contribution is 2.25. The molecule has 1 aromatic carbocycles. The van der Waals surface area contributed by atoms with Gasteiger partial charge in [0.15, 0.2) is 5.15 Å². The Kier molecular flexibility index (Phi) is 5.51. The van der Waals surface area contributed by atoms with Gasteiger partial charge in [-0.1, -0.05) is 23.7 Å². The Labute approximate surface area is 158 Å². The van der Waals surface area contributed by atoms with Crippen LogP contribution in [-0.2, 0) is 4.74 Å². The number of benzene rings is 1. The summed E-state index contributed by atoms with van der Waals surface area (Å²) < 4.78 is 11.3. The minimum absolute atomic E-state index is 0.209. The van der Waals surface area contributed by atoms with Gasteiger partial charge in [-0.25, -0.2) is 14.8 Å². The number of carbonyl (C=O) groups excluding carboxylic acids is 1. The first-order valence-corrected chi connectivity index (χ1v) is 9.22. The van der Waals surface area contributed by atoms with Gasteiger partial charge in [-0.15, -0.1) is 0 Å². The lowest BCUT2D eigenvalue weighted by molar-refractivity contribution is 0.0138. The average molecular weight is 378 g/mol. The van der Waals surface area contributed by atoms with Crippen LogP contribution in [-0.4, -0.2) is 46.3 Å². The summed E-state index contributed by atoms with van der Waals surface area (Å²) in [6.45, 7) is 7.36. The van der Waals surface area contributed by atoms with Gasteiger partial charge in [0.25, 0.3) is 5.88 Å². The lowest BCUT2D eigenvalue weighted by Crippen LogP contribution is -2.44. The van der Waals surface area contributed by atoms with E-state index >= 15 is 0 Å². The molecule has 0 bridgehead atoms. The van der Waals surface area contributed by atoms with Crippen LogP contribution in [0.5, 0.6) is 5.88 Å². The molecule has 1 aliphatic rings. The molecule has 2 aromatic rings. The van der Waals surface area contributed by atoms with Crippen LogP contribution in [0.4, 0.5) is 4.79 Å². The maximum Gasteiger partial charge on any atom is 0.410 e. The van der Waals surface area contributed by atoms with E-state index in [1.165, 1.54) is 0 Å². The molecule has 6 nitrogen and oxygen atoms in total. The lowest BCUT2D eigenvalue weighted by atomic mass is 9.99. The number of amides is 1. The maximum atomic E-state index is 12.3. The summed E-state index contributed by atoms with van der Waals surface area (Å²) in [5, 5.41) is 0.253. The summed E-state index contributed by atoms with van der Waals surface area (Å²) in [5.74, 6) is 0.542. The van der Waals surface area contributed by atoms with Crippen LogP contribution in [0, 0.1) is 5.92 Å². The number of likely N-dealkylation sites (tertiary alicyclic amines) is 1.